The van der Waals surface area contributed by atoms with Crippen LogP contribution in [-0.4, -0.2) is 38.2 Å². The Morgan fingerprint density at radius 3 is 0.973 bits per heavy atom. The van der Waals surface area contributed by atoms with Crippen LogP contribution in [0.4, 0.5) is 0 Å². The maximum atomic E-state index is 6.05. The largest absolute Gasteiger partial charge is 0.456 e. The van der Waals surface area contributed by atoms with Crippen molar-refractivity contribution in [1.82, 2.24) is 38.2 Å². The first-order valence-corrected chi connectivity index (χ1v) is 48.9. The van der Waals surface area contributed by atoms with Crippen LogP contribution in [0.3, 0.4) is 0 Å². The molecule has 17 aromatic carbocycles. The molecule has 12 nitrogen and oxygen atoms in total. The first-order chi connectivity index (χ1) is 72.3. The van der Waals surface area contributed by atoms with Crippen LogP contribution in [0.1, 0.15) is 33.6 Å². The quantitative estimate of drug-likeness (QED) is 0.0994. The molecule has 0 N–H and O–H groups in total. The number of furan rings is 4. The Labute approximate surface area is 839 Å². The van der Waals surface area contributed by atoms with Crippen LogP contribution in [0, 0.1) is 0 Å². The summed E-state index contributed by atoms with van der Waals surface area (Å²) in [6, 6.07) is 158. The first kappa shape index (κ1) is 86.5. The minimum absolute atomic E-state index is 0.863. The Morgan fingerprint density at radius 2 is 0.527 bits per heavy atom. The van der Waals surface area contributed by atoms with Gasteiger partial charge in [0.2, 0.25) is 0 Å². The molecule has 0 saturated carbocycles. The summed E-state index contributed by atoms with van der Waals surface area (Å²) in [4.78, 5) is 19.3. The molecular weight excluding hydrogens is 1790 g/mol. The lowest BCUT2D eigenvalue weighted by atomic mass is 10.0. The molecule has 0 radical (unpaired) electrons. The molecular formula is C134H88N8O4. The number of hydrogen-bond donors (Lipinski definition) is 0. The Bertz CT molecular complexity index is 9880. The summed E-state index contributed by atoms with van der Waals surface area (Å²) >= 11 is 0. The first-order valence-electron chi connectivity index (χ1n) is 48.9. The van der Waals surface area contributed by atoms with Gasteiger partial charge >= 0.3 is 0 Å². The van der Waals surface area contributed by atoms with Crippen molar-refractivity contribution in [2.45, 2.75) is 0 Å². The second kappa shape index (κ2) is 37.1. The van der Waals surface area contributed by atoms with Gasteiger partial charge < -0.3 is 17.7 Å². The number of aromatic nitrogens is 8. The number of rotatable bonds is 15. The number of pyridine rings is 4. The molecule has 12 heterocycles. The summed E-state index contributed by atoms with van der Waals surface area (Å²) < 4.78 is 33.0. The van der Waals surface area contributed by atoms with Gasteiger partial charge in [-0.3, -0.25) is 18.3 Å². The van der Waals surface area contributed by atoms with Gasteiger partial charge in [-0.15, -0.1) is 0 Å². The van der Waals surface area contributed by atoms with E-state index in [1.54, 1.807) is 0 Å². The van der Waals surface area contributed by atoms with Gasteiger partial charge in [0.25, 0.3) is 0 Å². The molecule has 688 valence electrons. The standard InChI is InChI=1S/2C35H22N2O.C35H24N2O.C29H20N2O/c1-2-9-23(10-3-1)30-13-8-16-35(36-30)37-31-14-6-4-11-26(31)28-21-24(17-19-32(28)37)25-18-20-34-29(22-25)27-12-5-7-15-33(27)38-34;1-2-8-23(9-3-1)26-18-19-36-35(22-26)37-31-12-6-4-10-27(31)29-20-24(14-16-32(29)37)25-15-17-34-30(21-25)28-11-5-7-13-33(28)38-34;1-2-31-28(19-16-24-17-20-34-30(22-24)29-13-7-9-15-33(29)38-34)27-12-6-8-14-32(27)37(31)35-21-18-26(23-36-35)25-10-4-3-5-11-25;1-2-25-22(21-9-3-5-11-26(21)31(25)29-13-7-8-18-30-29)16-14-20-15-17-28-24(19-20)23-10-4-6-12-27(23)32-28/h2*1-22H;2-23H,1H2;2-19H,1H2/b;;19-16+;16-14+. The molecule has 29 rings (SSSR count). The molecule has 29 aromatic rings. The molecule has 0 saturated heterocycles. The van der Waals surface area contributed by atoms with Crippen LogP contribution in [0.15, 0.2) is 504 Å². The molecule has 0 aliphatic carbocycles. The summed E-state index contributed by atoms with van der Waals surface area (Å²) in [7, 11) is 0. The van der Waals surface area contributed by atoms with Crippen molar-refractivity contribution in [3.05, 3.63) is 520 Å². The highest BCUT2D eigenvalue weighted by Crippen LogP contribution is 2.44. The Kier molecular flexibility index (Phi) is 22.0. The van der Waals surface area contributed by atoms with Crippen LogP contribution in [0.2, 0.25) is 0 Å². The van der Waals surface area contributed by atoms with Crippen LogP contribution >= 0.6 is 0 Å². The van der Waals surface area contributed by atoms with Gasteiger partial charge in [-0.05, 0) is 232 Å². The fourth-order valence-corrected chi connectivity index (χ4v) is 21.0. The molecule has 0 fully saturated rings. The van der Waals surface area contributed by atoms with Crippen LogP contribution in [-0.2, 0) is 0 Å². The van der Waals surface area contributed by atoms with Crippen LogP contribution in [0.5, 0.6) is 0 Å². The maximum absolute atomic E-state index is 6.05. The summed E-state index contributed by atoms with van der Waals surface area (Å²) in [5.41, 5.74) is 31.9. The zero-order chi connectivity index (χ0) is 97.1. The molecule has 12 aromatic heterocycles. The van der Waals surface area contributed by atoms with E-state index in [4.69, 9.17) is 32.6 Å². The number of fused-ring (bicyclic) bond motifs is 20. The molecule has 0 amide bonds. The molecule has 0 bridgehead atoms. The van der Waals surface area contributed by atoms with Gasteiger partial charge in [-0.2, -0.15) is 0 Å². The van der Waals surface area contributed by atoms with E-state index in [9.17, 15) is 0 Å². The second-order valence-corrected chi connectivity index (χ2v) is 36.3. The zero-order valence-electron chi connectivity index (χ0n) is 79.1. The zero-order valence-corrected chi connectivity index (χ0v) is 79.1. The molecule has 0 atom stereocenters. The minimum atomic E-state index is 0.863. The van der Waals surface area contributed by atoms with Crippen molar-refractivity contribution in [1.29, 1.82) is 0 Å². The highest BCUT2D eigenvalue weighted by Gasteiger charge is 2.23. The lowest BCUT2D eigenvalue weighted by molar-refractivity contribution is 0.668. The number of nitrogens with zero attached hydrogens (tertiary/aromatic N) is 8. The third-order valence-electron chi connectivity index (χ3n) is 27.8. The van der Waals surface area contributed by atoms with Gasteiger partial charge in [-0.1, -0.05) is 323 Å². The summed E-state index contributed by atoms with van der Waals surface area (Å²) in [5.74, 6) is 3.57. The summed E-state index contributed by atoms with van der Waals surface area (Å²) in [6.07, 6.45) is 18.1. The van der Waals surface area contributed by atoms with Crippen molar-refractivity contribution in [3.8, 4) is 79.0 Å². The summed E-state index contributed by atoms with van der Waals surface area (Å²) in [6.45, 7) is 8.27. The molecule has 0 aliphatic heterocycles. The third-order valence-corrected chi connectivity index (χ3v) is 27.8. The number of hydrogen-bond acceptors (Lipinski definition) is 8. The van der Waals surface area contributed by atoms with E-state index in [1.165, 1.54) is 54.7 Å². The van der Waals surface area contributed by atoms with Crippen LogP contribution < -0.4 is 0 Å². The fourth-order valence-electron chi connectivity index (χ4n) is 21.0. The van der Waals surface area contributed by atoms with Gasteiger partial charge in [0.05, 0.1) is 50.2 Å². The minimum Gasteiger partial charge on any atom is -0.456 e. The lowest BCUT2D eigenvalue weighted by Crippen LogP contribution is -1.99. The lowest BCUT2D eigenvalue weighted by Gasteiger charge is -2.09. The number of benzene rings is 17. The Morgan fingerprint density at radius 1 is 0.192 bits per heavy atom. The fraction of sp³-hybridized carbons (Fsp3) is 0. The second-order valence-electron chi connectivity index (χ2n) is 36.3. The molecule has 0 unspecified atom stereocenters. The molecule has 0 aliphatic rings. The van der Waals surface area contributed by atoms with Gasteiger partial charge in [0.1, 0.15) is 67.9 Å². The average molecular weight is 1870 g/mol. The van der Waals surface area contributed by atoms with E-state index in [2.05, 4.69) is 394 Å². The van der Waals surface area contributed by atoms with E-state index >= 15 is 0 Å². The third kappa shape index (κ3) is 15.7. The van der Waals surface area contributed by atoms with Gasteiger partial charge in [0.15, 0.2) is 0 Å². The van der Waals surface area contributed by atoms with E-state index in [-0.39, 0.29) is 0 Å². The van der Waals surface area contributed by atoms with Crippen molar-refractivity contribution in [2.24, 2.45) is 0 Å². The molecule has 12 heteroatoms. The SMILES string of the molecule is C=Cc1c(/C=C/c2ccc3oc4ccccc4c3c2)c2ccccc2n1-c1ccc(-c2ccccc2)cn1.C=Cc1c(/C=C/c2ccc3oc4ccccc4c3c2)c2ccccc2n1-c1ccccn1.c1ccc(-c2cccc(-n3c4ccccc4c4cc(-c5ccc6oc7ccccc7c6c5)ccc43)n2)cc1.c1ccc(-c2ccnc(-n3c4ccccc4c4cc(-c5ccc6oc7ccccc7c6c5)ccc43)c2)cc1. The normalized spacial score (nSPS) is 11.7. The van der Waals surface area contributed by atoms with Gasteiger partial charge in [0, 0.05) is 116 Å². The predicted octanol–water partition coefficient (Wildman–Crippen LogP) is 36.0. The topological polar surface area (TPSA) is 124 Å². The van der Waals surface area contributed by atoms with E-state index < -0.39 is 0 Å². The van der Waals surface area contributed by atoms with Crippen molar-refractivity contribution >= 4 is 190 Å². The van der Waals surface area contributed by atoms with Crippen molar-refractivity contribution in [2.75, 3.05) is 0 Å². The monoisotopic (exact) mass is 1870 g/mol. The highest BCUT2D eigenvalue weighted by molar-refractivity contribution is 6.15. The van der Waals surface area contributed by atoms with Crippen LogP contribution in [0.25, 0.3) is 269 Å². The summed E-state index contributed by atoms with van der Waals surface area (Å²) in [5, 5.41) is 16.3. The van der Waals surface area contributed by atoms with E-state index in [0.29, 0.717) is 0 Å². The maximum Gasteiger partial charge on any atom is 0.138 e. The number of para-hydroxylation sites is 8. The van der Waals surface area contributed by atoms with Crippen molar-refractivity contribution < 1.29 is 17.7 Å². The van der Waals surface area contributed by atoms with E-state index in [1.807, 2.05) is 152 Å². The Balaban J connectivity index is 0.0000000991. The van der Waals surface area contributed by atoms with E-state index in [0.717, 1.165) is 211 Å². The van der Waals surface area contributed by atoms with Crippen molar-refractivity contribution in [3.63, 3.8) is 0 Å². The highest BCUT2D eigenvalue weighted by atomic mass is 16.3. The van der Waals surface area contributed by atoms with Gasteiger partial charge in [-0.25, -0.2) is 19.9 Å². The molecule has 0 spiro atoms. The smallest absolute Gasteiger partial charge is 0.138 e. The Hall–Kier alpha value is -19.8. The molecule has 146 heavy (non-hydrogen) atoms. The predicted molar refractivity (Wildman–Crippen MR) is 607 cm³/mol. The average Bonchev–Trinajstić information content (AvgIpc) is 1.57.